The Labute approximate surface area is 166 Å². The summed E-state index contributed by atoms with van der Waals surface area (Å²) in [7, 11) is -1.78. The van der Waals surface area contributed by atoms with Gasteiger partial charge in [-0.15, -0.1) is 5.10 Å². The average molecular weight is 411 g/mol. The van der Waals surface area contributed by atoms with Crippen LogP contribution in [0.15, 0.2) is 54.7 Å². The summed E-state index contributed by atoms with van der Waals surface area (Å²) in [4.78, 5) is 8.75. The first kappa shape index (κ1) is 18.6. The van der Waals surface area contributed by atoms with Gasteiger partial charge in [0.2, 0.25) is 16.0 Å². The molecule has 0 radical (unpaired) electrons. The van der Waals surface area contributed by atoms with E-state index in [0.717, 1.165) is 11.9 Å². The predicted octanol–water partition coefficient (Wildman–Crippen LogP) is 2.33. The maximum Gasteiger partial charge on any atom is 0.229 e. The second-order valence-corrected chi connectivity index (χ2v) is 7.93. The van der Waals surface area contributed by atoms with Gasteiger partial charge in [-0.1, -0.05) is 17.3 Å². The van der Waals surface area contributed by atoms with E-state index >= 15 is 0 Å². The number of anilines is 3. The van der Waals surface area contributed by atoms with Gasteiger partial charge in [0, 0.05) is 11.8 Å². The molecule has 2 heterocycles. The number of methoxy groups -OCH3 is 1. The molecule has 2 aromatic heterocycles. The van der Waals surface area contributed by atoms with Gasteiger partial charge in [0.05, 0.1) is 30.9 Å². The Morgan fingerprint density at radius 1 is 1.07 bits per heavy atom. The minimum Gasteiger partial charge on any atom is -0.497 e. The van der Waals surface area contributed by atoms with E-state index in [1.54, 1.807) is 42.3 Å². The number of rotatable bonds is 6. The Balaban J connectivity index is 1.67. The maximum absolute atomic E-state index is 11.4. The maximum atomic E-state index is 11.4. The Hall–Kier alpha value is -3.73. The summed E-state index contributed by atoms with van der Waals surface area (Å²) < 4.78 is 32.1. The van der Waals surface area contributed by atoms with Gasteiger partial charge in [0.15, 0.2) is 11.2 Å². The molecule has 0 spiro atoms. The van der Waals surface area contributed by atoms with E-state index < -0.39 is 10.0 Å². The first-order chi connectivity index (χ1) is 13.9. The molecule has 0 unspecified atom stereocenters. The molecule has 0 fully saturated rings. The van der Waals surface area contributed by atoms with Gasteiger partial charge in [-0.05, 0) is 30.3 Å². The molecule has 148 valence electrons. The van der Waals surface area contributed by atoms with Crippen LogP contribution >= 0.6 is 0 Å². The first-order valence-electron chi connectivity index (χ1n) is 8.49. The molecule has 0 aliphatic carbocycles. The van der Waals surface area contributed by atoms with E-state index in [-0.39, 0.29) is 0 Å². The molecule has 0 aliphatic heterocycles. The zero-order valence-corrected chi connectivity index (χ0v) is 16.4. The number of hydrogen-bond donors (Lipinski definition) is 2. The molecule has 4 rings (SSSR count). The van der Waals surface area contributed by atoms with Crippen LogP contribution in [0.5, 0.6) is 5.75 Å². The highest BCUT2D eigenvalue weighted by atomic mass is 32.2. The first-order valence-corrected chi connectivity index (χ1v) is 10.4. The number of aromatic nitrogens is 5. The molecule has 0 bridgehead atoms. The summed E-state index contributed by atoms with van der Waals surface area (Å²) in [6, 6.07) is 14.2. The number of ether oxygens (including phenoxy) is 1. The highest BCUT2D eigenvalue weighted by Crippen LogP contribution is 2.22. The van der Waals surface area contributed by atoms with Crippen molar-refractivity contribution in [2.75, 3.05) is 23.4 Å². The quantitative estimate of drug-likeness (QED) is 0.495. The molecule has 29 heavy (non-hydrogen) atoms. The van der Waals surface area contributed by atoms with E-state index in [0.29, 0.717) is 34.2 Å². The highest BCUT2D eigenvalue weighted by molar-refractivity contribution is 7.92. The third kappa shape index (κ3) is 4.24. The monoisotopic (exact) mass is 411 g/mol. The normalized spacial score (nSPS) is 11.4. The lowest BCUT2D eigenvalue weighted by molar-refractivity contribution is 0.414. The van der Waals surface area contributed by atoms with Crippen molar-refractivity contribution in [3.8, 4) is 11.4 Å². The van der Waals surface area contributed by atoms with E-state index in [1.807, 2.05) is 24.3 Å². The van der Waals surface area contributed by atoms with Crippen LogP contribution in [-0.4, -0.2) is 46.7 Å². The molecule has 11 heteroatoms. The van der Waals surface area contributed by atoms with Crippen molar-refractivity contribution < 1.29 is 13.2 Å². The summed E-state index contributed by atoms with van der Waals surface area (Å²) in [5.74, 6) is 1.01. The van der Waals surface area contributed by atoms with Crippen LogP contribution in [-0.2, 0) is 10.0 Å². The predicted molar refractivity (Wildman–Crippen MR) is 109 cm³/mol. The number of sulfonamides is 1. The number of nitrogens with zero attached hydrogens (tertiary/aromatic N) is 5. The minimum atomic E-state index is -3.37. The average Bonchev–Trinajstić information content (AvgIpc) is 3.10. The molecule has 0 saturated heterocycles. The molecule has 4 aromatic rings. The highest BCUT2D eigenvalue weighted by Gasteiger charge is 2.11. The Kier molecular flexibility index (Phi) is 4.72. The molecular formula is C18H17N7O3S. The molecule has 0 aliphatic rings. The third-order valence-electron chi connectivity index (χ3n) is 3.91. The van der Waals surface area contributed by atoms with Gasteiger partial charge in [0.25, 0.3) is 0 Å². The molecule has 2 aromatic carbocycles. The lowest BCUT2D eigenvalue weighted by Crippen LogP contribution is -2.09. The summed E-state index contributed by atoms with van der Waals surface area (Å²) in [5, 5.41) is 11.3. The Morgan fingerprint density at radius 2 is 1.86 bits per heavy atom. The van der Waals surface area contributed by atoms with Crippen molar-refractivity contribution in [3.05, 3.63) is 54.7 Å². The van der Waals surface area contributed by atoms with Gasteiger partial charge >= 0.3 is 0 Å². The molecule has 0 amide bonds. The van der Waals surface area contributed by atoms with Crippen molar-refractivity contribution in [2.45, 2.75) is 0 Å². The van der Waals surface area contributed by atoms with Crippen molar-refractivity contribution in [2.24, 2.45) is 0 Å². The van der Waals surface area contributed by atoms with Crippen LogP contribution < -0.4 is 14.8 Å². The van der Waals surface area contributed by atoms with E-state index in [2.05, 4.69) is 30.3 Å². The second-order valence-electron chi connectivity index (χ2n) is 6.19. The molecule has 0 saturated carbocycles. The van der Waals surface area contributed by atoms with Gasteiger partial charge in [0.1, 0.15) is 5.75 Å². The van der Waals surface area contributed by atoms with Crippen molar-refractivity contribution in [1.29, 1.82) is 0 Å². The summed E-state index contributed by atoms with van der Waals surface area (Å²) in [5.41, 5.74) is 2.85. The Bertz CT molecular complexity index is 1290. The summed E-state index contributed by atoms with van der Waals surface area (Å²) in [6.07, 6.45) is 2.66. The Morgan fingerprint density at radius 3 is 2.66 bits per heavy atom. The van der Waals surface area contributed by atoms with Crippen LogP contribution in [0, 0.1) is 0 Å². The van der Waals surface area contributed by atoms with E-state index in [4.69, 9.17) is 4.74 Å². The minimum absolute atomic E-state index is 0.320. The smallest absolute Gasteiger partial charge is 0.229 e. The summed E-state index contributed by atoms with van der Waals surface area (Å²) in [6.45, 7) is 0. The molecular weight excluding hydrogens is 394 g/mol. The largest absolute Gasteiger partial charge is 0.497 e. The molecule has 2 N–H and O–H groups in total. The second kappa shape index (κ2) is 7.36. The summed E-state index contributed by atoms with van der Waals surface area (Å²) >= 11 is 0. The van der Waals surface area contributed by atoms with E-state index in [9.17, 15) is 8.42 Å². The fraction of sp³-hybridized carbons (Fsp3) is 0.111. The third-order valence-corrected chi connectivity index (χ3v) is 4.52. The van der Waals surface area contributed by atoms with Crippen LogP contribution in [0.4, 0.5) is 17.3 Å². The standard InChI is InChI=1S/C18H17N7O3S/c1-28-15-8-4-7-14(10-15)25-17-16(22-24-25)11-19-18(21-17)20-12-5-3-6-13(9-12)23-29(2,26)27/h3-11,23H,1-2H3,(H,19,20,21). The van der Waals surface area contributed by atoms with Gasteiger partial charge < -0.3 is 10.1 Å². The van der Waals surface area contributed by atoms with Crippen LogP contribution in [0.25, 0.3) is 16.9 Å². The van der Waals surface area contributed by atoms with Crippen LogP contribution in [0.2, 0.25) is 0 Å². The SMILES string of the molecule is COc1cccc(-n2nnc3cnc(Nc4cccc(NS(C)(=O)=O)c4)nc32)c1. The zero-order chi connectivity index (χ0) is 20.4. The molecule has 0 atom stereocenters. The van der Waals surface area contributed by atoms with Crippen LogP contribution in [0.1, 0.15) is 0 Å². The zero-order valence-electron chi connectivity index (χ0n) is 15.6. The van der Waals surface area contributed by atoms with Gasteiger partial charge in [-0.3, -0.25) is 4.72 Å². The topological polar surface area (TPSA) is 124 Å². The van der Waals surface area contributed by atoms with Crippen molar-refractivity contribution in [1.82, 2.24) is 25.0 Å². The number of benzene rings is 2. The number of fused-ring (bicyclic) bond motifs is 1. The number of hydrogen-bond acceptors (Lipinski definition) is 8. The fourth-order valence-electron chi connectivity index (χ4n) is 2.71. The van der Waals surface area contributed by atoms with Crippen molar-refractivity contribution in [3.63, 3.8) is 0 Å². The van der Waals surface area contributed by atoms with Crippen LogP contribution in [0.3, 0.4) is 0 Å². The lowest BCUT2D eigenvalue weighted by atomic mass is 10.3. The number of nitrogens with one attached hydrogen (secondary N) is 2. The fourth-order valence-corrected chi connectivity index (χ4v) is 3.26. The molecule has 10 nitrogen and oxygen atoms in total. The van der Waals surface area contributed by atoms with Gasteiger partial charge in [-0.2, -0.15) is 9.67 Å². The van der Waals surface area contributed by atoms with Crippen molar-refractivity contribution >= 4 is 38.5 Å². The van der Waals surface area contributed by atoms with E-state index in [1.165, 1.54) is 0 Å². The van der Waals surface area contributed by atoms with Gasteiger partial charge in [-0.25, -0.2) is 13.4 Å². The lowest BCUT2D eigenvalue weighted by Gasteiger charge is -2.08.